The third-order valence-corrected chi connectivity index (χ3v) is 17.0. The Hall–Kier alpha value is -7.30. The molecule has 0 aliphatic heterocycles. The van der Waals surface area contributed by atoms with Crippen molar-refractivity contribution in [3.05, 3.63) is 178 Å². The van der Waals surface area contributed by atoms with Crippen molar-refractivity contribution in [2.75, 3.05) is 0 Å². The zero-order chi connectivity index (χ0) is 57.6. The quantitative estimate of drug-likeness (QED) is 0.135. The maximum absolute atomic E-state index is 12.7. The molecule has 2 aromatic heterocycles. The summed E-state index contributed by atoms with van der Waals surface area (Å²) >= 11 is 0. The van der Waals surface area contributed by atoms with Gasteiger partial charge in [0.25, 0.3) is 0 Å². The van der Waals surface area contributed by atoms with Gasteiger partial charge in [0.1, 0.15) is 22.5 Å². The van der Waals surface area contributed by atoms with Gasteiger partial charge < -0.3 is 10.2 Å². The molecule has 0 saturated heterocycles. The van der Waals surface area contributed by atoms with E-state index in [0.717, 1.165) is 88.2 Å². The number of fused-ring (bicyclic) bond motifs is 4. The number of rotatable bonds is 11. The predicted octanol–water partition coefficient (Wildman–Crippen LogP) is 22.2. The molecular formula is C76H84N2O2. The van der Waals surface area contributed by atoms with Gasteiger partial charge in [-0.1, -0.05) is 222 Å². The summed E-state index contributed by atoms with van der Waals surface area (Å²) in [7, 11) is 0. The van der Waals surface area contributed by atoms with Crippen LogP contribution in [0.3, 0.4) is 0 Å². The Morgan fingerprint density at radius 3 is 0.950 bits per heavy atom. The summed E-state index contributed by atoms with van der Waals surface area (Å²) in [6.07, 6.45) is 0. The molecule has 0 fully saturated rings. The zero-order valence-electron chi connectivity index (χ0n) is 51.0. The average Bonchev–Trinajstić information content (AvgIpc) is 3.62. The Kier molecular flexibility index (Phi) is 14.7. The Balaban J connectivity index is 1.29. The van der Waals surface area contributed by atoms with Crippen LogP contribution in [-0.4, -0.2) is 20.2 Å². The van der Waals surface area contributed by atoms with Gasteiger partial charge in [-0.15, -0.1) is 0 Å². The number of aromatic hydroxyl groups is 2. The largest absolute Gasteiger partial charge is 0.505 e. The molecule has 0 bridgehead atoms. The van der Waals surface area contributed by atoms with Crippen LogP contribution in [0.4, 0.5) is 0 Å². The van der Waals surface area contributed by atoms with Crippen LogP contribution in [0, 0.1) is 0 Å². The number of phenols is 2. The van der Waals surface area contributed by atoms with E-state index in [4.69, 9.17) is 9.97 Å². The lowest BCUT2D eigenvalue weighted by Gasteiger charge is -2.27. The number of nitrogens with zero attached hydrogens (tertiary/aromatic N) is 2. The molecule has 4 nitrogen and oxygen atoms in total. The Labute approximate surface area is 477 Å². The molecule has 8 aromatic carbocycles. The van der Waals surface area contributed by atoms with Crippen molar-refractivity contribution in [2.24, 2.45) is 0 Å². The fourth-order valence-electron chi connectivity index (χ4n) is 12.4. The number of aromatic nitrogens is 2. The first-order chi connectivity index (χ1) is 37.8. The Bertz CT molecular complexity index is 3740. The lowest BCUT2D eigenvalue weighted by molar-refractivity contribution is 0.451. The lowest BCUT2D eigenvalue weighted by Crippen LogP contribution is -2.13. The van der Waals surface area contributed by atoms with Crippen molar-refractivity contribution in [2.45, 2.75) is 171 Å². The fourth-order valence-corrected chi connectivity index (χ4v) is 12.4. The number of benzene rings is 8. The summed E-state index contributed by atoms with van der Waals surface area (Å²) in [5.74, 6) is 2.28. The Morgan fingerprint density at radius 1 is 0.325 bits per heavy atom. The molecule has 0 spiro atoms. The highest BCUT2D eigenvalue weighted by Gasteiger charge is 2.31. The Morgan fingerprint density at radius 2 is 0.650 bits per heavy atom. The molecule has 0 unspecified atom stereocenters. The van der Waals surface area contributed by atoms with E-state index >= 15 is 0 Å². The van der Waals surface area contributed by atoms with E-state index in [1.807, 2.05) is 0 Å². The minimum atomic E-state index is -0.383. The van der Waals surface area contributed by atoms with Crippen LogP contribution >= 0.6 is 0 Å². The summed E-state index contributed by atoms with van der Waals surface area (Å²) in [4.78, 5) is 11.3. The highest BCUT2D eigenvalue weighted by atomic mass is 16.3. The topological polar surface area (TPSA) is 66.2 Å². The van der Waals surface area contributed by atoms with Gasteiger partial charge in [-0.3, -0.25) is 0 Å². The first kappa shape index (κ1) is 56.0. The number of hydrogen-bond donors (Lipinski definition) is 2. The molecule has 4 heteroatoms. The van der Waals surface area contributed by atoms with Gasteiger partial charge in [0.05, 0.1) is 11.4 Å². The standard InChI is InChI=1S/C76H84N2O2/c1-41(2)49-35-57(43(5)6)67(58(36-49)44(7)8)61-39-63(75(13,14)15)73(79)71-53(61)31-33-65(77-71)55-29-27-47-23-19-21-25-51(47)69(55)70-52-26-22-20-24-48(52)28-30-56(70)66-34-32-54-62(40-64(76(16,17)18)74(80)72(54)78-66)68-59(45(9)10)37-50(42(3)4)38-60(68)46(11)12/h19-46,79-80H,1-18H3. The molecule has 2 heterocycles. The summed E-state index contributed by atoms with van der Waals surface area (Å²) in [6, 6.07) is 49.0. The minimum Gasteiger partial charge on any atom is -0.505 e. The molecule has 10 aromatic rings. The third kappa shape index (κ3) is 9.85. The molecular weight excluding hydrogens is 973 g/mol. The average molecular weight is 1060 g/mol. The molecule has 0 aliphatic carbocycles. The molecule has 410 valence electrons. The SMILES string of the molecule is CC(C)c1cc(C(C)C)c(-c2cc(C(C)(C)C)c(O)c3nc(-c4ccc5ccccc5c4-c4c(-c5ccc6c(-c7c(C(C)C)cc(C(C)C)cc7C(C)C)cc(C(C)(C)C)c(O)c6n5)ccc5ccccc45)ccc23)c(C(C)C)c1. The summed E-state index contributed by atoms with van der Waals surface area (Å²) in [6.45, 7) is 40.6. The monoisotopic (exact) mass is 1060 g/mol. The van der Waals surface area contributed by atoms with E-state index in [1.54, 1.807) is 0 Å². The van der Waals surface area contributed by atoms with Gasteiger partial charge in [0, 0.05) is 44.2 Å². The molecule has 0 saturated carbocycles. The van der Waals surface area contributed by atoms with Gasteiger partial charge in [-0.25, -0.2) is 9.97 Å². The summed E-state index contributed by atoms with van der Waals surface area (Å²) in [5, 5.41) is 31.6. The van der Waals surface area contributed by atoms with Crippen molar-refractivity contribution in [3.63, 3.8) is 0 Å². The van der Waals surface area contributed by atoms with Crippen molar-refractivity contribution >= 4 is 43.4 Å². The minimum absolute atomic E-state index is 0.216. The molecule has 0 aliphatic rings. The summed E-state index contributed by atoms with van der Waals surface area (Å²) < 4.78 is 0. The second-order valence-corrected chi connectivity index (χ2v) is 26.8. The van der Waals surface area contributed by atoms with Gasteiger partial charge >= 0.3 is 0 Å². The highest BCUT2D eigenvalue weighted by molar-refractivity contribution is 6.15. The van der Waals surface area contributed by atoms with Crippen LogP contribution in [0.15, 0.2) is 133 Å². The van der Waals surface area contributed by atoms with Crippen molar-refractivity contribution < 1.29 is 10.2 Å². The number of phenolic OH excluding ortho intramolecular Hbond substituents is 2. The molecule has 0 amide bonds. The maximum atomic E-state index is 12.7. The lowest BCUT2D eigenvalue weighted by atomic mass is 9.78. The van der Waals surface area contributed by atoms with Crippen LogP contribution in [0.1, 0.15) is 205 Å². The normalized spacial score (nSPS) is 12.7. The van der Waals surface area contributed by atoms with Crippen molar-refractivity contribution in [1.82, 2.24) is 9.97 Å². The van der Waals surface area contributed by atoms with E-state index in [-0.39, 0.29) is 46.0 Å². The van der Waals surface area contributed by atoms with Crippen molar-refractivity contribution in [1.29, 1.82) is 0 Å². The van der Waals surface area contributed by atoms with Crippen LogP contribution in [0.2, 0.25) is 0 Å². The van der Waals surface area contributed by atoms with Gasteiger partial charge in [0.15, 0.2) is 0 Å². The first-order valence-corrected chi connectivity index (χ1v) is 29.5. The van der Waals surface area contributed by atoms with Crippen LogP contribution in [0.25, 0.3) is 99.2 Å². The van der Waals surface area contributed by atoms with E-state index in [9.17, 15) is 10.2 Å². The second-order valence-electron chi connectivity index (χ2n) is 26.8. The number of hydrogen-bond acceptors (Lipinski definition) is 4. The maximum Gasteiger partial charge on any atom is 0.145 e. The summed E-state index contributed by atoms with van der Waals surface area (Å²) in [5.41, 5.74) is 20.3. The van der Waals surface area contributed by atoms with Crippen molar-refractivity contribution in [3.8, 4) is 67.4 Å². The van der Waals surface area contributed by atoms with E-state index < -0.39 is 0 Å². The van der Waals surface area contributed by atoms with E-state index in [0.29, 0.717) is 22.9 Å². The molecule has 2 N–H and O–H groups in total. The molecule has 80 heavy (non-hydrogen) atoms. The van der Waals surface area contributed by atoms with Crippen LogP contribution in [0.5, 0.6) is 11.5 Å². The third-order valence-electron chi connectivity index (χ3n) is 17.0. The predicted molar refractivity (Wildman–Crippen MR) is 344 cm³/mol. The number of pyridine rings is 2. The highest BCUT2D eigenvalue weighted by Crippen LogP contribution is 2.52. The fraction of sp³-hybridized carbons (Fsp3) is 0.342. The van der Waals surface area contributed by atoms with Gasteiger partial charge in [0.2, 0.25) is 0 Å². The first-order valence-electron chi connectivity index (χ1n) is 29.5. The van der Waals surface area contributed by atoms with Gasteiger partial charge in [-0.05, 0) is 160 Å². The van der Waals surface area contributed by atoms with E-state index in [1.165, 1.54) is 44.5 Å². The van der Waals surface area contributed by atoms with Crippen LogP contribution in [-0.2, 0) is 10.8 Å². The van der Waals surface area contributed by atoms with Gasteiger partial charge in [-0.2, -0.15) is 0 Å². The molecule has 0 radical (unpaired) electrons. The smallest absolute Gasteiger partial charge is 0.145 e. The zero-order valence-corrected chi connectivity index (χ0v) is 51.0. The van der Waals surface area contributed by atoms with Crippen LogP contribution < -0.4 is 0 Å². The molecule has 10 rings (SSSR count). The van der Waals surface area contributed by atoms with E-state index in [2.05, 4.69) is 258 Å². The second kappa shape index (κ2) is 21.0. The molecule has 0 atom stereocenters.